The van der Waals surface area contributed by atoms with Gasteiger partial charge in [-0.15, -0.1) is 0 Å². The van der Waals surface area contributed by atoms with Crippen molar-refractivity contribution in [3.8, 4) is 6.07 Å². The molecule has 0 amide bonds. The second kappa shape index (κ2) is 4.28. The van der Waals surface area contributed by atoms with Gasteiger partial charge in [0, 0.05) is 17.8 Å². The highest BCUT2D eigenvalue weighted by atomic mass is 15.3. The highest BCUT2D eigenvalue weighted by Crippen LogP contribution is 2.14. The molecule has 1 rings (SSSR count). The van der Waals surface area contributed by atoms with Crippen LogP contribution in [-0.4, -0.2) is 9.78 Å². The number of rotatable bonds is 3. The van der Waals surface area contributed by atoms with Crippen molar-refractivity contribution in [2.75, 3.05) is 0 Å². The third-order valence-corrected chi connectivity index (χ3v) is 2.07. The molecule has 0 aliphatic heterocycles. The van der Waals surface area contributed by atoms with Crippen LogP contribution in [0.1, 0.15) is 45.0 Å². The maximum atomic E-state index is 8.90. The summed E-state index contributed by atoms with van der Waals surface area (Å²) in [7, 11) is 0. The molecule has 0 fully saturated rings. The van der Waals surface area contributed by atoms with E-state index in [1.54, 1.807) is 0 Å². The van der Waals surface area contributed by atoms with Crippen LogP contribution in [0.15, 0.2) is 6.20 Å². The van der Waals surface area contributed by atoms with Crippen molar-refractivity contribution in [3.05, 3.63) is 17.5 Å². The lowest BCUT2D eigenvalue weighted by atomic mass is 10.0. The van der Waals surface area contributed by atoms with Crippen LogP contribution in [0, 0.1) is 17.2 Å². The zero-order valence-electron chi connectivity index (χ0n) is 9.28. The molecular weight excluding hydrogens is 174 g/mol. The van der Waals surface area contributed by atoms with Crippen molar-refractivity contribution < 1.29 is 0 Å². The van der Waals surface area contributed by atoms with Gasteiger partial charge in [-0.05, 0) is 26.2 Å². The fourth-order valence-electron chi connectivity index (χ4n) is 1.38. The monoisotopic (exact) mass is 191 g/mol. The molecule has 0 N–H and O–H groups in total. The van der Waals surface area contributed by atoms with Gasteiger partial charge in [-0.2, -0.15) is 10.4 Å². The molecule has 0 aromatic carbocycles. The van der Waals surface area contributed by atoms with Crippen LogP contribution in [0.2, 0.25) is 0 Å². The Labute approximate surface area is 85.4 Å². The predicted molar refractivity (Wildman–Crippen MR) is 55.9 cm³/mol. The minimum Gasteiger partial charge on any atom is -0.269 e. The number of nitriles is 1. The Morgan fingerprint density at radius 3 is 2.50 bits per heavy atom. The molecule has 76 valence electrons. The first-order chi connectivity index (χ1) is 6.54. The highest BCUT2D eigenvalue weighted by molar-refractivity contribution is 5.29. The molecule has 0 spiro atoms. The Balaban J connectivity index is 2.98. The first kappa shape index (κ1) is 10.8. The van der Waals surface area contributed by atoms with Gasteiger partial charge in [-0.3, -0.25) is 4.68 Å². The normalized spacial score (nSPS) is 10.9. The van der Waals surface area contributed by atoms with Crippen LogP contribution in [0.3, 0.4) is 0 Å². The Kier molecular flexibility index (Phi) is 3.29. The van der Waals surface area contributed by atoms with Crippen molar-refractivity contribution in [2.45, 2.75) is 40.2 Å². The summed E-state index contributed by atoms with van der Waals surface area (Å²) >= 11 is 0. The first-order valence-corrected chi connectivity index (χ1v) is 5.02. The molecule has 0 aliphatic rings. The largest absolute Gasteiger partial charge is 0.269 e. The van der Waals surface area contributed by atoms with Gasteiger partial charge in [0.25, 0.3) is 0 Å². The summed E-state index contributed by atoms with van der Waals surface area (Å²) in [5, 5.41) is 13.1. The third-order valence-electron chi connectivity index (χ3n) is 2.07. The van der Waals surface area contributed by atoms with E-state index in [1.807, 2.05) is 10.9 Å². The summed E-state index contributed by atoms with van der Waals surface area (Å²) in [6.07, 6.45) is 2.92. The summed E-state index contributed by atoms with van der Waals surface area (Å²) in [5.41, 5.74) is 1.64. The molecule has 0 radical (unpaired) electrons. The Morgan fingerprint density at radius 2 is 2.07 bits per heavy atom. The maximum absolute atomic E-state index is 8.90. The Hall–Kier alpha value is -1.30. The molecule has 0 saturated carbocycles. The molecule has 1 aromatic heterocycles. The molecule has 0 unspecified atom stereocenters. The molecule has 1 aromatic rings. The zero-order chi connectivity index (χ0) is 10.7. The lowest BCUT2D eigenvalue weighted by Crippen LogP contribution is -2.00. The molecule has 0 saturated heterocycles. The lowest BCUT2D eigenvalue weighted by molar-refractivity contribution is 0.530. The van der Waals surface area contributed by atoms with Gasteiger partial charge in [0.1, 0.15) is 6.07 Å². The van der Waals surface area contributed by atoms with E-state index in [-0.39, 0.29) is 0 Å². The quantitative estimate of drug-likeness (QED) is 0.736. The molecule has 0 atom stereocenters. The van der Waals surface area contributed by atoms with Gasteiger partial charge in [-0.1, -0.05) is 13.8 Å². The van der Waals surface area contributed by atoms with Gasteiger partial charge in [-0.25, -0.2) is 0 Å². The average molecular weight is 191 g/mol. The van der Waals surface area contributed by atoms with Crippen LogP contribution in [0.25, 0.3) is 0 Å². The van der Waals surface area contributed by atoms with Crippen molar-refractivity contribution >= 4 is 0 Å². The third kappa shape index (κ3) is 2.35. The van der Waals surface area contributed by atoms with Gasteiger partial charge >= 0.3 is 0 Å². The van der Waals surface area contributed by atoms with Gasteiger partial charge < -0.3 is 0 Å². The Morgan fingerprint density at radius 1 is 1.43 bits per heavy atom. The van der Waals surface area contributed by atoms with E-state index in [1.165, 1.54) is 0 Å². The van der Waals surface area contributed by atoms with Crippen LogP contribution < -0.4 is 0 Å². The van der Waals surface area contributed by atoms with Crippen molar-refractivity contribution in [3.63, 3.8) is 0 Å². The second-order valence-electron chi connectivity index (χ2n) is 4.29. The van der Waals surface area contributed by atoms with Crippen LogP contribution in [0.5, 0.6) is 0 Å². The summed E-state index contributed by atoms with van der Waals surface area (Å²) in [4.78, 5) is 0. The maximum Gasteiger partial charge on any atom is 0.165 e. The molecule has 3 heteroatoms. The summed E-state index contributed by atoms with van der Waals surface area (Å²) in [5.74, 6) is 0.562. The molecule has 14 heavy (non-hydrogen) atoms. The van der Waals surface area contributed by atoms with Gasteiger partial charge in [0.15, 0.2) is 5.69 Å². The standard InChI is InChI=1S/C11H17N3/c1-8(2)5-10-7-14(9(3)4)13-11(10)6-12/h7-9H,5H2,1-4H3. The van der Waals surface area contributed by atoms with Crippen LogP contribution >= 0.6 is 0 Å². The summed E-state index contributed by atoms with van der Waals surface area (Å²) in [6, 6.07) is 2.47. The zero-order valence-corrected chi connectivity index (χ0v) is 9.28. The SMILES string of the molecule is CC(C)Cc1cn(C(C)C)nc1C#N. The lowest BCUT2D eigenvalue weighted by Gasteiger charge is -2.03. The van der Waals surface area contributed by atoms with E-state index in [2.05, 4.69) is 38.9 Å². The van der Waals surface area contributed by atoms with Crippen molar-refractivity contribution in [1.82, 2.24) is 9.78 Å². The smallest absolute Gasteiger partial charge is 0.165 e. The van der Waals surface area contributed by atoms with E-state index in [0.717, 1.165) is 12.0 Å². The van der Waals surface area contributed by atoms with E-state index in [4.69, 9.17) is 5.26 Å². The van der Waals surface area contributed by atoms with E-state index < -0.39 is 0 Å². The average Bonchev–Trinajstić information content (AvgIpc) is 2.46. The van der Waals surface area contributed by atoms with Crippen molar-refractivity contribution in [2.24, 2.45) is 5.92 Å². The molecular formula is C11H17N3. The van der Waals surface area contributed by atoms with E-state index >= 15 is 0 Å². The summed E-state index contributed by atoms with van der Waals surface area (Å²) < 4.78 is 1.86. The van der Waals surface area contributed by atoms with Crippen molar-refractivity contribution in [1.29, 1.82) is 5.26 Å². The second-order valence-corrected chi connectivity index (χ2v) is 4.29. The van der Waals surface area contributed by atoms with Crippen LogP contribution in [0.4, 0.5) is 0 Å². The topological polar surface area (TPSA) is 41.6 Å². The molecule has 0 bridgehead atoms. The van der Waals surface area contributed by atoms with Gasteiger partial charge in [0.2, 0.25) is 0 Å². The van der Waals surface area contributed by atoms with E-state index in [0.29, 0.717) is 17.7 Å². The first-order valence-electron chi connectivity index (χ1n) is 5.02. The highest BCUT2D eigenvalue weighted by Gasteiger charge is 2.11. The van der Waals surface area contributed by atoms with E-state index in [9.17, 15) is 0 Å². The molecule has 1 heterocycles. The number of hydrogen-bond donors (Lipinski definition) is 0. The predicted octanol–water partition coefficient (Wildman–Crippen LogP) is 2.53. The summed E-state index contributed by atoms with van der Waals surface area (Å²) in [6.45, 7) is 8.42. The van der Waals surface area contributed by atoms with Gasteiger partial charge in [0.05, 0.1) is 0 Å². The Bertz CT molecular complexity index is 342. The molecule has 3 nitrogen and oxygen atoms in total. The fourth-order valence-corrected chi connectivity index (χ4v) is 1.38. The number of aromatic nitrogens is 2. The minimum absolute atomic E-state index is 0.322. The fraction of sp³-hybridized carbons (Fsp3) is 0.636. The molecule has 0 aliphatic carbocycles. The number of hydrogen-bond acceptors (Lipinski definition) is 2. The number of nitrogens with zero attached hydrogens (tertiary/aromatic N) is 3. The minimum atomic E-state index is 0.322. The van der Waals surface area contributed by atoms with Crippen LogP contribution in [-0.2, 0) is 6.42 Å².